The van der Waals surface area contributed by atoms with Crippen molar-refractivity contribution in [3.05, 3.63) is 44.3 Å². The van der Waals surface area contributed by atoms with Crippen molar-refractivity contribution in [2.45, 2.75) is 77.6 Å². The molecule has 6 nitrogen and oxygen atoms in total. The number of nitrogens with zero attached hydrogens (tertiary/aromatic N) is 1. The summed E-state index contributed by atoms with van der Waals surface area (Å²) < 4.78 is 11.9. The summed E-state index contributed by atoms with van der Waals surface area (Å²) in [5.41, 5.74) is -0.637. The zero-order valence-electron chi connectivity index (χ0n) is 17.8. The van der Waals surface area contributed by atoms with Crippen molar-refractivity contribution in [1.82, 2.24) is 0 Å². The largest absolute Gasteiger partial charge is 0.539 e. The molecule has 0 saturated heterocycles. The van der Waals surface area contributed by atoms with Crippen LogP contribution in [0.4, 0.5) is 0 Å². The number of allylic oxidation sites excluding steroid dienone is 1. The Labute approximate surface area is 173 Å². The van der Waals surface area contributed by atoms with Crippen molar-refractivity contribution in [3.63, 3.8) is 0 Å². The lowest BCUT2D eigenvalue weighted by Gasteiger charge is -2.31. The second-order valence-electron chi connectivity index (χ2n) is 7.88. The minimum atomic E-state index is -2.09. The van der Waals surface area contributed by atoms with Gasteiger partial charge in [0.15, 0.2) is 5.76 Å². The molecule has 1 aromatic rings. The van der Waals surface area contributed by atoms with E-state index in [1.165, 1.54) is 11.3 Å². The van der Waals surface area contributed by atoms with Crippen LogP contribution < -0.4 is 0 Å². The predicted molar refractivity (Wildman–Crippen MR) is 116 cm³/mol. The fourth-order valence-electron chi connectivity index (χ4n) is 2.93. The molecule has 158 valence electrons. The molecule has 0 amide bonds. The second-order valence-corrected chi connectivity index (χ2v) is 13.6. The molecular weight excluding hydrogens is 394 g/mol. The van der Waals surface area contributed by atoms with E-state index in [9.17, 15) is 14.9 Å². The van der Waals surface area contributed by atoms with Crippen LogP contribution in [0.25, 0.3) is 0 Å². The maximum atomic E-state index is 12.8. The monoisotopic (exact) mass is 427 g/mol. The molecule has 1 atom stereocenters. The Bertz CT molecular complexity index is 654. The van der Waals surface area contributed by atoms with Crippen LogP contribution in [-0.4, -0.2) is 31.4 Å². The molecule has 0 aliphatic carbocycles. The molecule has 1 unspecified atom stereocenters. The van der Waals surface area contributed by atoms with Crippen LogP contribution in [0.3, 0.4) is 0 Å². The third-order valence-corrected chi connectivity index (χ3v) is 10.3. The summed E-state index contributed by atoms with van der Waals surface area (Å²) in [5, 5.41) is 13.0. The number of carbonyl (C=O) groups excluding carboxylic acids is 1. The normalized spacial score (nSPS) is 13.9. The zero-order chi connectivity index (χ0) is 21.4. The van der Waals surface area contributed by atoms with Gasteiger partial charge in [-0.2, -0.15) is 0 Å². The molecule has 1 rings (SSSR count). The molecule has 0 radical (unpaired) electrons. The van der Waals surface area contributed by atoms with Gasteiger partial charge < -0.3 is 9.16 Å². The first-order chi connectivity index (χ1) is 13.1. The second kappa shape index (κ2) is 10.8. The highest BCUT2D eigenvalue weighted by Crippen LogP contribution is 2.29. The Balaban J connectivity index is 3.16. The van der Waals surface area contributed by atoms with E-state index in [1.54, 1.807) is 6.08 Å². The number of rotatable bonds is 11. The van der Waals surface area contributed by atoms with Crippen molar-refractivity contribution in [2.75, 3.05) is 6.54 Å². The Morgan fingerprint density at radius 2 is 1.89 bits per heavy atom. The lowest BCUT2D eigenvalue weighted by atomic mass is 10.0. The fraction of sp³-hybridized carbons (Fsp3) is 0.650. The molecule has 0 spiro atoms. The molecular formula is C20H33NO5SSi. The maximum Gasteiger partial charge on any atom is 0.372 e. The van der Waals surface area contributed by atoms with E-state index in [0.717, 1.165) is 23.0 Å². The quantitative estimate of drug-likeness (QED) is 0.112. The zero-order valence-corrected chi connectivity index (χ0v) is 19.6. The third kappa shape index (κ3) is 7.75. The summed E-state index contributed by atoms with van der Waals surface area (Å²) in [7, 11) is -2.09. The van der Waals surface area contributed by atoms with Crippen molar-refractivity contribution >= 4 is 25.6 Å². The lowest BCUT2D eigenvalue weighted by Crippen LogP contribution is -2.38. The van der Waals surface area contributed by atoms with E-state index < -0.39 is 19.9 Å². The Morgan fingerprint density at radius 3 is 2.32 bits per heavy atom. The standard InChI is InChI=1S/C20H33NO5SSi/c1-7-28(8-2,9-3)26-17(19(22)25-20(4,5)6)13-12-16(15-21(23)24)18-11-10-14-27-18/h10-11,13-14,16H,7-9,12,15H2,1-6H3/b17-13-. The maximum absolute atomic E-state index is 12.8. The van der Waals surface area contributed by atoms with Crippen LogP contribution in [0.1, 0.15) is 58.8 Å². The Morgan fingerprint density at radius 1 is 1.29 bits per heavy atom. The van der Waals surface area contributed by atoms with Gasteiger partial charge in [-0.05, 0) is 62.8 Å². The molecule has 0 fully saturated rings. The number of hydrogen-bond donors (Lipinski definition) is 0. The summed E-state index contributed by atoms with van der Waals surface area (Å²) in [5.74, 6) is -0.584. The fourth-order valence-corrected chi connectivity index (χ4v) is 6.33. The van der Waals surface area contributed by atoms with Crippen LogP contribution in [0.2, 0.25) is 18.1 Å². The number of carbonyl (C=O) groups is 1. The van der Waals surface area contributed by atoms with E-state index in [4.69, 9.17) is 9.16 Å². The molecule has 0 bridgehead atoms. The van der Waals surface area contributed by atoms with Crippen LogP contribution >= 0.6 is 11.3 Å². The highest BCUT2D eigenvalue weighted by Gasteiger charge is 2.34. The van der Waals surface area contributed by atoms with Crippen molar-refractivity contribution in [3.8, 4) is 0 Å². The van der Waals surface area contributed by atoms with Gasteiger partial charge in [-0.15, -0.1) is 11.3 Å². The molecule has 0 N–H and O–H groups in total. The van der Waals surface area contributed by atoms with E-state index in [2.05, 4.69) is 20.8 Å². The van der Waals surface area contributed by atoms with Crippen molar-refractivity contribution < 1.29 is 18.9 Å². The SMILES string of the molecule is CC[Si](CC)(CC)O/C(=C\CC(C[N+](=O)[O-])c1cccs1)C(=O)OC(C)(C)C. The van der Waals surface area contributed by atoms with Gasteiger partial charge in [0.05, 0.1) is 5.92 Å². The smallest absolute Gasteiger partial charge is 0.372 e. The van der Waals surface area contributed by atoms with Crippen molar-refractivity contribution in [1.29, 1.82) is 0 Å². The summed E-state index contributed by atoms with van der Waals surface area (Å²) in [6.07, 6.45) is 2.06. The van der Waals surface area contributed by atoms with Crippen molar-refractivity contribution in [2.24, 2.45) is 0 Å². The summed E-state index contributed by atoms with van der Waals surface area (Å²) >= 11 is 1.49. The highest BCUT2D eigenvalue weighted by atomic mass is 32.1. The van der Waals surface area contributed by atoms with Gasteiger partial charge in [0, 0.05) is 9.80 Å². The van der Waals surface area contributed by atoms with E-state index in [1.807, 2.05) is 38.3 Å². The summed E-state index contributed by atoms with van der Waals surface area (Å²) in [6, 6.07) is 6.45. The van der Waals surface area contributed by atoms with E-state index >= 15 is 0 Å². The number of ether oxygens (including phenoxy) is 1. The first-order valence-corrected chi connectivity index (χ1v) is 13.2. The van der Waals surface area contributed by atoms with E-state index in [0.29, 0.717) is 6.42 Å². The lowest BCUT2D eigenvalue weighted by molar-refractivity contribution is -0.483. The van der Waals surface area contributed by atoms with Gasteiger partial charge in [0.25, 0.3) is 8.32 Å². The van der Waals surface area contributed by atoms with Gasteiger partial charge in [-0.3, -0.25) is 10.1 Å². The number of thiophene rings is 1. The summed E-state index contributed by atoms with van der Waals surface area (Å²) in [6.45, 7) is 11.5. The minimum absolute atomic E-state index is 0.184. The number of hydrogen-bond acceptors (Lipinski definition) is 6. The molecule has 1 aromatic heterocycles. The molecule has 0 saturated carbocycles. The highest BCUT2D eigenvalue weighted by molar-refractivity contribution is 7.10. The average molecular weight is 428 g/mol. The van der Waals surface area contributed by atoms with Gasteiger partial charge in [0.2, 0.25) is 6.54 Å². The van der Waals surface area contributed by atoms with Crippen LogP contribution in [0, 0.1) is 10.1 Å². The minimum Gasteiger partial charge on any atom is -0.539 e. The molecule has 8 heteroatoms. The first-order valence-electron chi connectivity index (χ1n) is 9.83. The topological polar surface area (TPSA) is 78.7 Å². The first kappa shape index (κ1) is 24.4. The molecule has 1 heterocycles. The van der Waals surface area contributed by atoms with Gasteiger partial charge in [-0.25, -0.2) is 4.79 Å². The van der Waals surface area contributed by atoms with Crippen LogP contribution in [-0.2, 0) is 14.0 Å². The molecule has 28 heavy (non-hydrogen) atoms. The Hall–Kier alpha value is -1.67. The Kier molecular flexibility index (Phi) is 9.36. The third-order valence-electron chi connectivity index (χ3n) is 4.76. The molecule has 0 aromatic carbocycles. The van der Waals surface area contributed by atoms with E-state index in [-0.39, 0.29) is 23.1 Å². The van der Waals surface area contributed by atoms with Crippen LogP contribution in [0.15, 0.2) is 29.3 Å². The summed E-state index contributed by atoms with van der Waals surface area (Å²) in [4.78, 5) is 24.5. The van der Waals surface area contributed by atoms with Crippen LogP contribution in [0.5, 0.6) is 0 Å². The predicted octanol–water partition coefficient (Wildman–Crippen LogP) is 5.75. The van der Waals surface area contributed by atoms with Gasteiger partial charge >= 0.3 is 5.97 Å². The van der Waals surface area contributed by atoms with Gasteiger partial charge in [-0.1, -0.05) is 26.8 Å². The van der Waals surface area contributed by atoms with Gasteiger partial charge in [0.1, 0.15) is 5.60 Å². The molecule has 0 aliphatic rings. The number of nitro groups is 1. The molecule has 0 aliphatic heterocycles. The average Bonchev–Trinajstić information content (AvgIpc) is 3.14. The number of esters is 1.